The van der Waals surface area contributed by atoms with E-state index >= 15 is 0 Å². The monoisotopic (exact) mass is 336 g/mol. The number of esters is 1. The van der Waals surface area contributed by atoms with Gasteiger partial charge in [-0.05, 0) is 17.7 Å². The highest BCUT2D eigenvalue weighted by molar-refractivity contribution is 6.00. The minimum atomic E-state index is -0.841. The molecule has 1 aromatic rings. The number of fused-ring (bicyclic) bond motifs is 1. The molecule has 7 nitrogen and oxygen atoms in total. The van der Waals surface area contributed by atoms with E-state index in [9.17, 15) is 18.8 Å². The van der Waals surface area contributed by atoms with Crippen molar-refractivity contribution in [3.05, 3.63) is 29.6 Å². The Morgan fingerprint density at radius 2 is 2.08 bits per heavy atom. The smallest absolute Gasteiger partial charge is 0.314 e. The van der Waals surface area contributed by atoms with Crippen molar-refractivity contribution >= 4 is 23.5 Å². The van der Waals surface area contributed by atoms with Crippen molar-refractivity contribution in [2.75, 3.05) is 38.2 Å². The van der Waals surface area contributed by atoms with Crippen LogP contribution in [-0.4, -0.2) is 55.6 Å². The summed E-state index contributed by atoms with van der Waals surface area (Å²) in [6.07, 6.45) is -0.0940. The van der Waals surface area contributed by atoms with E-state index in [4.69, 9.17) is 9.47 Å². The quantitative estimate of drug-likeness (QED) is 0.820. The van der Waals surface area contributed by atoms with Crippen molar-refractivity contribution in [3.8, 4) is 0 Å². The number of rotatable bonds is 3. The van der Waals surface area contributed by atoms with Gasteiger partial charge in [0, 0.05) is 25.2 Å². The molecule has 2 aliphatic rings. The summed E-state index contributed by atoms with van der Waals surface area (Å²) >= 11 is 0. The second-order valence-electron chi connectivity index (χ2n) is 5.64. The van der Waals surface area contributed by atoms with Gasteiger partial charge >= 0.3 is 5.97 Å². The summed E-state index contributed by atoms with van der Waals surface area (Å²) in [5, 5.41) is 2.53. The zero-order valence-electron chi connectivity index (χ0n) is 12.9. The molecule has 0 radical (unpaired) electrons. The lowest BCUT2D eigenvalue weighted by Gasteiger charge is -2.27. The molecular weight excluding hydrogens is 319 g/mol. The summed E-state index contributed by atoms with van der Waals surface area (Å²) in [4.78, 5) is 37.6. The van der Waals surface area contributed by atoms with Gasteiger partial charge in [-0.25, -0.2) is 4.39 Å². The molecule has 1 atom stereocenters. The molecule has 0 bridgehead atoms. The molecule has 1 fully saturated rings. The number of amides is 2. The van der Waals surface area contributed by atoms with Crippen LogP contribution in [0.1, 0.15) is 17.9 Å². The Morgan fingerprint density at radius 1 is 1.33 bits per heavy atom. The minimum absolute atomic E-state index is 0.0940. The van der Waals surface area contributed by atoms with Crippen molar-refractivity contribution in [2.24, 2.45) is 0 Å². The zero-order chi connectivity index (χ0) is 17.1. The number of hydrogen-bond donors (Lipinski definition) is 1. The number of anilines is 1. The second kappa shape index (κ2) is 6.96. The largest absolute Gasteiger partial charge is 0.455 e. The molecule has 2 aliphatic heterocycles. The van der Waals surface area contributed by atoms with Gasteiger partial charge in [0.25, 0.3) is 5.91 Å². The van der Waals surface area contributed by atoms with Crippen LogP contribution in [0.2, 0.25) is 0 Å². The Bertz CT molecular complexity index is 672. The predicted molar refractivity (Wildman–Crippen MR) is 80.7 cm³/mol. The van der Waals surface area contributed by atoms with Crippen LogP contribution in [0.25, 0.3) is 0 Å². The Hall–Kier alpha value is -2.48. The molecule has 0 spiro atoms. The molecule has 1 saturated heterocycles. The summed E-state index contributed by atoms with van der Waals surface area (Å²) in [6.45, 7) is 1.46. The summed E-state index contributed by atoms with van der Waals surface area (Å²) in [7, 11) is 0. The Balaban J connectivity index is 1.65. The van der Waals surface area contributed by atoms with Crippen molar-refractivity contribution in [2.45, 2.75) is 12.3 Å². The molecule has 1 N–H and O–H groups in total. The molecule has 1 unspecified atom stereocenters. The van der Waals surface area contributed by atoms with Gasteiger partial charge in [-0.15, -0.1) is 0 Å². The number of hydrogen-bond acceptors (Lipinski definition) is 5. The molecular formula is C16H17FN2O5. The molecule has 1 aromatic carbocycles. The number of benzene rings is 1. The van der Waals surface area contributed by atoms with Gasteiger partial charge in [0.2, 0.25) is 5.91 Å². The maximum Gasteiger partial charge on any atom is 0.314 e. The maximum absolute atomic E-state index is 13.3. The van der Waals surface area contributed by atoms with E-state index in [2.05, 4.69) is 5.32 Å². The number of carbonyl (C=O) groups excluding carboxylic acids is 3. The van der Waals surface area contributed by atoms with Gasteiger partial charge in [0.05, 0.1) is 19.1 Å². The Kier molecular flexibility index (Phi) is 4.75. The van der Waals surface area contributed by atoms with Crippen LogP contribution in [0.5, 0.6) is 0 Å². The lowest BCUT2D eigenvalue weighted by Crippen LogP contribution is -2.43. The molecule has 2 heterocycles. The van der Waals surface area contributed by atoms with Crippen LogP contribution in [-0.2, 0) is 23.9 Å². The fraction of sp³-hybridized carbons (Fsp3) is 0.438. The van der Waals surface area contributed by atoms with Gasteiger partial charge in [0.1, 0.15) is 5.82 Å². The fourth-order valence-electron chi connectivity index (χ4n) is 2.79. The maximum atomic E-state index is 13.3. The van der Waals surface area contributed by atoms with E-state index in [0.717, 1.165) is 6.07 Å². The van der Waals surface area contributed by atoms with Crippen LogP contribution >= 0.6 is 0 Å². The number of morpholine rings is 1. The highest BCUT2D eigenvalue weighted by Crippen LogP contribution is 2.33. The van der Waals surface area contributed by atoms with Gasteiger partial charge < -0.3 is 19.7 Å². The zero-order valence-corrected chi connectivity index (χ0v) is 12.9. The molecule has 0 saturated carbocycles. The van der Waals surface area contributed by atoms with Gasteiger partial charge in [-0.2, -0.15) is 0 Å². The minimum Gasteiger partial charge on any atom is -0.455 e. The van der Waals surface area contributed by atoms with Gasteiger partial charge in [-0.3, -0.25) is 14.4 Å². The molecule has 8 heteroatoms. The van der Waals surface area contributed by atoms with E-state index < -0.39 is 23.6 Å². The number of carbonyl (C=O) groups is 3. The van der Waals surface area contributed by atoms with E-state index in [1.165, 1.54) is 12.1 Å². The normalized spacial score (nSPS) is 20.1. The third-order valence-corrected chi connectivity index (χ3v) is 4.04. The molecule has 3 rings (SSSR count). The highest BCUT2D eigenvalue weighted by atomic mass is 19.1. The predicted octanol–water partition coefficient (Wildman–Crippen LogP) is 0.654. The number of nitrogens with one attached hydrogen (secondary N) is 1. The van der Waals surface area contributed by atoms with Crippen molar-refractivity contribution in [3.63, 3.8) is 0 Å². The van der Waals surface area contributed by atoms with Crippen molar-refractivity contribution in [1.29, 1.82) is 0 Å². The first-order valence-corrected chi connectivity index (χ1v) is 7.66. The topological polar surface area (TPSA) is 84.9 Å². The molecule has 0 aromatic heterocycles. The van der Waals surface area contributed by atoms with E-state index in [1.54, 1.807) is 4.90 Å². The SMILES string of the molecule is O=C1CC(C(=O)OCC(=O)N2CCOCC2)c2ccc(F)cc2N1. The second-order valence-corrected chi connectivity index (χ2v) is 5.64. The van der Waals surface area contributed by atoms with E-state index in [-0.39, 0.29) is 24.6 Å². The first kappa shape index (κ1) is 16.4. The lowest BCUT2D eigenvalue weighted by atomic mass is 9.90. The molecule has 0 aliphatic carbocycles. The third-order valence-electron chi connectivity index (χ3n) is 4.04. The van der Waals surface area contributed by atoms with Crippen LogP contribution in [0, 0.1) is 5.82 Å². The van der Waals surface area contributed by atoms with E-state index in [0.29, 0.717) is 31.9 Å². The summed E-state index contributed by atoms with van der Waals surface area (Å²) in [5.74, 6) is -2.71. The lowest BCUT2D eigenvalue weighted by molar-refractivity contribution is -0.155. The van der Waals surface area contributed by atoms with Crippen LogP contribution in [0.3, 0.4) is 0 Å². The standard InChI is InChI=1S/C16H17FN2O5/c17-10-1-2-11-12(8-14(20)18-13(11)7-10)16(22)24-9-15(21)19-3-5-23-6-4-19/h1-2,7,12H,3-6,8-9H2,(H,18,20). The van der Waals surface area contributed by atoms with Crippen LogP contribution < -0.4 is 5.32 Å². The summed E-state index contributed by atoms with van der Waals surface area (Å²) in [5.41, 5.74) is 0.743. The first-order valence-electron chi connectivity index (χ1n) is 7.66. The fourth-order valence-corrected chi connectivity index (χ4v) is 2.79. The van der Waals surface area contributed by atoms with E-state index in [1.807, 2.05) is 0 Å². The average molecular weight is 336 g/mol. The van der Waals surface area contributed by atoms with Crippen LogP contribution in [0.4, 0.5) is 10.1 Å². The summed E-state index contributed by atoms with van der Waals surface area (Å²) < 4.78 is 23.5. The van der Waals surface area contributed by atoms with Crippen LogP contribution in [0.15, 0.2) is 18.2 Å². The Labute approximate surface area is 137 Å². The summed E-state index contributed by atoms with van der Waals surface area (Å²) in [6, 6.07) is 3.82. The van der Waals surface area contributed by atoms with Crippen molar-refractivity contribution in [1.82, 2.24) is 4.90 Å². The number of ether oxygens (including phenoxy) is 2. The molecule has 2 amide bonds. The van der Waals surface area contributed by atoms with Gasteiger partial charge in [0.15, 0.2) is 6.61 Å². The number of nitrogens with zero attached hydrogens (tertiary/aromatic N) is 1. The number of halogens is 1. The first-order chi connectivity index (χ1) is 11.5. The molecule has 24 heavy (non-hydrogen) atoms. The highest BCUT2D eigenvalue weighted by Gasteiger charge is 2.32. The Morgan fingerprint density at radius 3 is 2.83 bits per heavy atom. The van der Waals surface area contributed by atoms with Gasteiger partial charge in [-0.1, -0.05) is 6.07 Å². The molecule has 128 valence electrons. The average Bonchev–Trinajstić information content (AvgIpc) is 2.59. The third kappa shape index (κ3) is 3.53. The van der Waals surface area contributed by atoms with Crippen molar-refractivity contribution < 1.29 is 28.2 Å².